The SMILES string of the molecule is C=CC(=O)[O-].C=CC(=O)[O-].[K+].[K+]. The molecule has 6 heteroatoms. The second-order valence-corrected chi connectivity index (χ2v) is 1.05. The van der Waals surface area contributed by atoms with Crippen LogP contribution in [-0.4, -0.2) is 11.9 Å². The minimum absolute atomic E-state index is 0. The molecule has 0 atom stereocenters. The Bertz CT molecular complexity index is 138. The third-order valence-electron chi connectivity index (χ3n) is 0.333. The maximum atomic E-state index is 9.14. The van der Waals surface area contributed by atoms with Gasteiger partial charge in [-0.2, -0.15) is 0 Å². The third kappa shape index (κ3) is 41.3. The van der Waals surface area contributed by atoms with Crippen LogP contribution in [0.5, 0.6) is 0 Å². The van der Waals surface area contributed by atoms with Gasteiger partial charge in [0.1, 0.15) is 0 Å². The molecule has 0 radical (unpaired) electrons. The van der Waals surface area contributed by atoms with Crippen molar-refractivity contribution in [3.63, 3.8) is 0 Å². The van der Waals surface area contributed by atoms with Crippen LogP contribution in [0.15, 0.2) is 25.3 Å². The third-order valence-corrected chi connectivity index (χ3v) is 0.333. The number of aliphatic carboxylic acids is 2. The number of carbonyl (C=O) groups is 2. The molecule has 0 heterocycles. The van der Waals surface area contributed by atoms with Crippen molar-refractivity contribution < 1.29 is 123 Å². The molecule has 56 valence electrons. The first-order valence-electron chi connectivity index (χ1n) is 2.21. The van der Waals surface area contributed by atoms with Crippen molar-refractivity contribution in [2.45, 2.75) is 0 Å². The summed E-state index contributed by atoms with van der Waals surface area (Å²) in [6.45, 7) is 5.80. The van der Waals surface area contributed by atoms with E-state index in [0.717, 1.165) is 12.2 Å². The molecule has 0 aromatic rings. The minimum atomic E-state index is -1.23. The van der Waals surface area contributed by atoms with Gasteiger partial charge in [-0.3, -0.25) is 0 Å². The van der Waals surface area contributed by atoms with Gasteiger partial charge in [-0.05, 0) is 12.2 Å². The van der Waals surface area contributed by atoms with Crippen molar-refractivity contribution in [2.75, 3.05) is 0 Å². The van der Waals surface area contributed by atoms with Gasteiger partial charge in [-0.1, -0.05) is 13.2 Å². The van der Waals surface area contributed by atoms with E-state index in [0.29, 0.717) is 0 Å². The second-order valence-electron chi connectivity index (χ2n) is 1.05. The Balaban J connectivity index is -0.0000000457. The van der Waals surface area contributed by atoms with Crippen molar-refractivity contribution in [3.05, 3.63) is 25.3 Å². The van der Waals surface area contributed by atoms with E-state index >= 15 is 0 Å². The molecule has 12 heavy (non-hydrogen) atoms. The maximum Gasteiger partial charge on any atom is 1.00 e. The van der Waals surface area contributed by atoms with Gasteiger partial charge in [0.2, 0.25) is 0 Å². The molecule has 0 aliphatic carbocycles. The number of carbonyl (C=O) groups excluding carboxylic acids is 2. The van der Waals surface area contributed by atoms with Crippen molar-refractivity contribution >= 4 is 11.9 Å². The summed E-state index contributed by atoms with van der Waals surface area (Å²) in [5.74, 6) is -2.46. The Kier molecular flexibility index (Phi) is 36.1. The first-order valence-corrected chi connectivity index (χ1v) is 2.21. The van der Waals surface area contributed by atoms with Gasteiger partial charge >= 0.3 is 103 Å². The zero-order valence-electron chi connectivity index (χ0n) is 7.20. The Morgan fingerprint density at radius 3 is 1.00 bits per heavy atom. The Morgan fingerprint density at radius 1 is 0.917 bits per heavy atom. The molecule has 0 saturated heterocycles. The molecule has 0 N–H and O–H groups in total. The molecular formula is C6H6K2O4. The Hall–Kier alpha value is 1.69. The maximum absolute atomic E-state index is 9.14. The quantitative estimate of drug-likeness (QED) is 0.342. The summed E-state index contributed by atoms with van der Waals surface area (Å²) < 4.78 is 0. The fourth-order valence-electron chi connectivity index (χ4n) is 0. The van der Waals surface area contributed by atoms with Crippen LogP contribution in [0.1, 0.15) is 0 Å². The van der Waals surface area contributed by atoms with Crippen LogP contribution < -0.4 is 113 Å². The van der Waals surface area contributed by atoms with E-state index in [1.165, 1.54) is 0 Å². The monoisotopic (exact) mass is 220 g/mol. The molecule has 0 fully saturated rings. The van der Waals surface area contributed by atoms with Gasteiger partial charge in [0, 0.05) is 0 Å². The van der Waals surface area contributed by atoms with Crippen LogP contribution in [0, 0.1) is 0 Å². The summed E-state index contributed by atoms with van der Waals surface area (Å²) >= 11 is 0. The van der Waals surface area contributed by atoms with Crippen LogP contribution in [0.3, 0.4) is 0 Å². The number of carboxylic acid groups (broad SMARTS) is 2. The average Bonchev–Trinajstić information content (AvgIpc) is 1.89. The second kappa shape index (κ2) is 18.5. The molecule has 0 spiro atoms. The molecule has 0 aliphatic heterocycles. The van der Waals surface area contributed by atoms with Crippen LogP contribution in [0.2, 0.25) is 0 Å². The molecule has 0 aromatic heterocycles. The normalized spacial score (nSPS) is 5.33. The van der Waals surface area contributed by atoms with Gasteiger partial charge in [-0.15, -0.1) is 0 Å². The molecule has 0 bridgehead atoms. The summed E-state index contributed by atoms with van der Waals surface area (Å²) in [6, 6.07) is 0. The largest absolute Gasteiger partial charge is 1.00 e. The van der Waals surface area contributed by atoms with Crippen molar-refractivity contribution in [3.8, 4) is 0 Å². The smallest absolute Gasteiger partial charge is 0.545 e. The summed E-state index contributed by atoms with van der Waals surface area (Å²) in [6.07, 6.45) is 1.44. The number of carboxylic acids is 2. The first-order chi connectivity index (χ1) is 4.54. The number of hydrogen-bond donors (Lipinski definition) is 0. The molecular weight excluding hydrogens is 214 g/mol. The fraction of sp³-hybridized carbons (Fsp3) is 0. The first kappa shape index (κ1) is 23.5. The predicted molar refractivity (Wildman–Crippen MR) is 30.4 cm³/mol. The molecule has 0 rings (SSSR count). The topological polar surface area (TPSA) is 80.3 Å². The molecule has 0 aromatic carbocycles. The zero-order chi connectivity index (χ0) is 8.57. The van der Waals surface area contributed by atoms with E-state index < -0.39 is 11.9 Å². The van der Waals surface area contributed by atoms with Gasteiger partial charge < -0.3 is 19.8 Å². The fourth-order valence-corrected chi connectivity index (χ4v) is 0. The van der Waals surface area contributed by atoms with Gasteiger partial charge in [0.05, 0.1) is 11.9 Å². The number of hydrogen-bond acceptors (Lipinski definition) is 4. The standard InChI is InChI=1S/2C3H4O2.2K/c2*1-2-3(4)5;;/h2*2H,1H2,(H,4,5);;/q;;2*+1/p-2. The average molecular weight is 220 g/mol. The van der Waals surface area contributed by atoms with Crippen molar-refractivity contribution in [1.29, 1.82) is 0 Å². The van der Waals surface area contributed by atoms with E-state index in [1.54, 1.807) is 0 Å². The van der Waals surface area contributed by atoms with Gasteiger partial charge in [-0.25, -0.2) is 0 Å². The molecule has 0 amide bonds. The molecule has 0 saturated carbocycles. The van der Waals surface area contributed by atoms with Crippen molar-refractivity contribution in [2.24, 2.45) is 0 Å². The number of rotatable bonds is 2. The van der Waals surface area contributed by atoms with Crippen LogP contribution in [0.4, 0.5) is 0 Å². The van der Waals surface area contributed by atoms with Gasteiger partial charge in [0.25, 0.3) is 0 Å². The summed E-state index contributed by atoms with van der Waals surface area (Å²) in [5.41, 5.74) is 0. The van der Waals surface area contributed by atoms with E-state index in [9.17, 15) is 0 Å². The van der Waals surface area contributed by atoms with Crippen LogP contribution in [-0.2, 0) is 9.59 Å². The van der Waals surface area contributed by atoms with Gasteiger partial charge in [0.15, 0.2) is 0 Å². The molecule has 4 nitrogen and oxygen atoms in total. The van der Waals surface area contributed by atoms with E-state index in [-0.39, 0.29) is 103 Å². The zero-order valence-corrected chi connectivity index (χ0v) is 13.4. The predicted octanol–water partition coefficient (Wildman–Crippen LogP) is -8.15. The Labute approximate surface area is 156 Å². The van der Waals surface area contributed by atoms with Crippen LogP contribution >= 0.6 is 0 Å². The van der Waals surface area contributed by atoms with Crippen molar-refractivity contribution in [1.82, 2.24) is 0 Å². The van der Waals surface area contributed by atoms with E-state index in [4.69, 9.17) is 19.8 Å². The van der Waals surface area contributed by atoms with Crippen LogP contribution in [0.25, 0.3) is 0 Å². The van der Waals surface area contributed by atoms with E-state index in [1.807, 2.05) is 0 Å². The molecule has 0 aliphatic rings. The minimum Gasteiger partial charge on any atom is -0.545 e. The summed E-state index contributed by atoms with van der Waals surface area (Å²) in [7, 11) is 0. The summed E-state index contributed by atoms with van der Waals surface area (Å²) in [4.78, 5) is 18.3. The van der Waals surface area contributed by atoms with E-state index in [2.05, 4.69) is 13.2 Å². The Morgan fingerprint density at radius 2 is 1.00 bits per heavy atom. The summed E-state index contributed by atoms with van der Waals surface area (Å²) in [5, 5.41) is 18.3. The molecule has 0 unspecified atom stereocenters.